The van der Waals surface area contributed by atoms with Crippen LogP contribution in [0.2, 0.25) is 0 Å². The highest BCUT2D eigenvalue weighted by Crippen LogP contribution is 2.34. The number of carbonyl (C=O) groups is 1. The Bertz CT molecular complexity index is 1350. The largest absolute Gasteiger partial charge is 0.465 e. The molecule has 1 unspecified atom stereocenters. The number of aliphatic imine (C=N–C) groups is 1. The molecule has 0 aliphatic carbocycles. The lowest BCUT2D eigenvalue weighted by Gasteiger charge is -2.28. The molecule has 2 aliphatic rings. The number of carbonyl (C=O) groups excluding carboxylic acids is 1. The summed E-state index contributed by atoms with van der Waals surface area (Å²) in [7, 11) is -3.97. The van der Waals surface area contributed by atoms with Crippen LogP contribution in [0.5, 0.6) is 0 Å². The van der Waals surface area contributed by atoms with E-state index in [2.05, 4.69) is 9.88 Å². The Kier molecular flexibility index (Phi) is 7.68. The van der Waals surface area contributed by atoms with Crippen LogP contribution in [0.3, 0.4) is 0 Å². The number of hydrogen-bond acceptors (Lipinski definition) is 9. The Morgan fingerprint density at radius 2 is 2.11 bits per heavy atom. The van der Waals surface area contributed by atoms with E-state index in [-0.39, 0.29) is 10.8 Å². The first-order valence-electron chi connectivity index (χ1n) is 11.8. The van der Waals surface area contributed by atoms with Gasteiger partial charge in [-0.2, -0.15) is 0 Å². The van der Waals surface area contributed by atoms with Crippen molar-refractivity contribution in [3.63, 3.8) is 0 Å². The Morgan fingerprint density at radius 3 is 2.86 bits per heavy atom. The minimum Gasteiger partial charge on any atom is -0.465 e. The van der Waals surface area contributed by atoms with Gasteiger partial charge in [-0.05, 0) is 30.5 Å². The van der Waals surface area contributed by atoms with Crippen molar-refractivity contribution < 1.29 is 22.7 Å². The van der Waals surface area contributed by atoms with Gasteiger partial charge in [0, 0.05) is 30.3 Å². The predicted molar refractivity (Wildman–Crippen MR) is 144 cm³/mol. The third-order valence-corrected chi connectivity index (χ3v) is 10.4. The van der Waals surface area contributed by atoms with Crippen molar-refractivity contribution in [2.24, 2.45) is 4.99 Å². The van der Waals surface area contributed by atoms with E-state index in [1.165, 1.54) is 6.07 Å². The average Bonchev–Trinajstić information content (AvgIpc) is 3.64. The molecule has 0 spiro atoms. The summed E-state index contributed by atoms with van der Waals surface area (Å²) in [5.41, 5.74) is 1.88. The van der Waals surface area contributed by atoms with Crippen LogP contribution in [-0.2, 0) is 24.3 Å². The van der Waals surface area contributed by atoms with Crippen molar-refractivity contribution in [3.8, 4) is 0 Å². The van der Waals surface area contributed by atoms with Gasteiger partial charge in [0.1, 0.15) is 15.8 Å². The van der Waals surface area contributed by atoms with Crippen molar-refractivity contribution in [3.05, 3.63) is 47.5 Å². The quantitative estimate of drug-likeness (QED) is 0.410. The van der Waals surface area contributed by atoms with E-state index >= 15 is 0 Å². The summed E-state index contributed by atoms with van der Waals surface area (Å²) in [6.07, 6.45) is 0. The van der Waals surface area contributed by atoms with Crippen LogP contribution >= 0.6 is 23.1 Å². The number of nitrogens with zero attached hydrogens (tertiary/aromatic N) is 3. The number of ether oxygens (including phenoxy) is 2. The van der Waals surface area contributed by atoms with E-state index in [1.54, 1.807) is 42.3 Å². The van der Waals surface area contributed by atoms with Crippen LogP contribution in [-0.4, -0.2) is 87.1 Å². The number of nitrogens with one attached hydrogen (secondary N) is 1. The van der Waals surface area contributed by atoms with Gasteiger partial charge < -0.3 is 14.5 Å². The molecule has 1 saturated heterocycles. The molecule has 1 aromatic carbocycles. The van der Waals surface area contributed by atoms with Gasteiger partial charge in [-0.25, -0.2) is 8.42 Å². The fraction of sp³-hybridized carbons (Fsp3) is 0.417. The van der Waals surface area contributed by atoms with E-state index in [0.29, 0.717) is 16.5 Å². The van der Waals surface area contributed by atoms with Crippen molar-refractivity contribution in [1.29, 1.82) is 0 Å². The number of rotatable bonds is 9. The number of hydrogen-bond donors (Lipinski definition) is 1. The number of para-hydroxylation sites is 1. The fourth-order valence-electron chi connectivity index (χ4n) is 4.34. The van der Waals surface area contributed by atoms with E-state index in [9.17, 15) is 13.2 Å². The molecule has 3 aromatic rings. The molecule has 0 amide bonds. The van der Waals surface area contributed by atoms with Crippen molar-refractivity contribution in [2.75, 3.05) is 56.8 Å². The van der Waals surface area contributed by atoms with Gasteiger partial charge in [-0.3, -0.25) is 19.0 Å². The molecule has 2 aliphatic heterocycles. The fourth-order valence-corrected chi connectivity index (χ4v) is 8.00. The molecule has 0 bridgehead atoms. The second kappa shape index (κ2) is 10.9. The van der Waals surface area contributed by atoms with Crippen molar-refractivity contribution >= 4 is 60.7 Å². The number of fused-ring (bicyclic) bond motifs is 1. The summed E-state index contributed by atoms with van der Waals surface area (Å²) < 4.78 is 38.9. The molecular weight excluding hydrogens is 520 g/mol. The number of esters is 1. The molecule has 1 fully saturated rings. The maximum Gasteiger partial charge on any atom is 0.326 e. The minimum atomic E-state index is -3.97. The normalized spacial score (nSPS) is 18.9. The number of aromatic nitrogens is 1. The number of aromatic amines is 1. The van der Waals surface area contributed by atoms with Crippen molar-refractivity contribution in [1.82, 2.24) is 9.88 Å². The monoisotopic (exact) mass is 548 g/mol. The lowest BCUT2D eigenvalue weighted by Crippen LogP contribution is -2.40. The highest BCUT2D eigenvalue weighted by Gasteiger charge is 2.31. The Labute approximate surface area is 218 Å². The average molecular weight is 549 g/mol. The molecule has 9 nitrogen and oxygen atoms in total. The van der Waals surface area contributed by atoms with Crippen LogP contribution in [0.15, 0.2) is 51.0 Å². The highest BCUT2D eigenvalue weighted by molar-refractivity contribution is 8.15. The Morgan fingerprint density at radius 1 is 1.28 bits per heavy atom. The SMILES string of the molecule is CCOC(=O)CN(c1cccc2cc(C3=NCC(CN4CCOCC4)S3)[nH]c12)S(=O)(=O)c1cccs1. The van der Waals surface area contributed by atoms with Gasteiger partial charge >= 0.3 is 5.97 Å². The number of thioether (sulfide) groups is 1. The molecular formula is C24H28N4O5S3. The zero-order valence-electron chi connectivity index (χ0n) is 19.9. The van der Waals surface area contributed by atoms with Crippen LogP contribution in [0.4, 0.5) is 5.69 Å². The third kappa shape index (κ3) is 5.32. The first-order valence-corrected chi connectivity index (χ1v) is 15.0. The summed E-state index contributed by atoms with van der Waals surface area (Å²) in [4.78, 5) is 23.0. The Balaban J connectivity index is 1.44. The molecule has 0 saturated carbocycles. The zero-order valence-corrected chi connectivity index (χ0v) is 22.3. The molecule has 2 aromatic heterocycles. The maximum absolute atomic E-state index is 13.5. The van der Waals surface area contributed by atoms with E-state index in [0.717, 1.165) is 71.2 Å². The number of morpholine rings is 1. The second-order valence-corrected chi connectivity index (χ2v) is 12.8. The van der Waals surface area contributed by atoms with Gasteiger partial charge in [-0.15, -0.1) is 11.3 Å². The molecule has 4 heterocycles. The number of anilines is 1. The van der Waals surface area contributed by atoms with Crippen molar-refractivity contribution in [2.45, 2.75) is 16.4 Å². The van der Waals surface area contributed by atoms with Gasteiger partial charge in [-0.1, -0.05) is 30.0 Å². The molecule has 0 radical (unpaired) electrons. The second-order valence-electron chi connectivity index (χ2n) is 8.47. The zero-order chi connectivity index (χ0) is 25.1. The summed E-state index contributed by atoms with van der Waals surface area (Å²) in [6, 6.07) is 10.6. The number of benzene rings is 1. The lowest BCUT2D eigenvalue weighted by molar-refractivity contribution is -0.141. The third-order valence-electron chi connectivity index (χ3n) is 6.03. The highest BCUT2D eigenvalue weighted by atomic mass is 32.2. The van der Waals surface area contributed by atoms with Gasteiger partial charge in [0.2, 0.25) is 0 Å². The molecule has 12 heteroatoms. The molecule has 36 heavy (non-hydrogen) atoms. The Hall–Kier alpha value is -2.38. The standard InChI is InChI=1S/C24H28N4O5S3/c1-2-33-21(29)16-28(36(30,31)22-7-4-12-34-22)20-6-3-5-17-13-19(26-23(17)20)24-25-14-18(35-24)15-27-8-10-32-11-9-27/h3-7,12-13,18,26H,2,8-11,14-16H2,1H3. The van der Waals surface area contributed by atoms with Crippen LogP contribution in [0, 0.1) is 0 Å². The van der Waals surface area contributed by atoms with Crippen LogP contribution in [0.1, 0.15) is 12.6 Å². The first kappa shape index (κ1) is 25.3. The summed E-state index contributed by atoms with van der Waals surface area (Å²) in [6.45, 7) is 6.57. The molecule has 1 N–H and O–H groups in total. The minimum absolute atomic E-state index is 0.164. The smallest absolute Gasteiger partial charge is 0.326 e. The summed E-state index contributed by atoms with van der Waals surface area (Å²) in [5.74, 6) is -0.608. The lowest BCUT2D eigenvalue weighted by atomic mass is 10.2. The topological polar surface area (TPSA) is 104 Å². The summed E-state index contributed by atoms with van der Waals surface area (Å²) in [5, 5.41) is 3.82. The van der Waals surface area contributed by atoms with Crippen LogP contribution in [0.25, 0.3) is 10.9 Å². The molecule has 1 atom stereocenters. The van der Waals surface area contributed by atoms with Gasteiger partial charge in [0.15, 0.2) is 0 Å². The van der Waals surface area contributed by atoms with Gasteiger partial charge in [0.25, 0.3) is 10.0 Å². The predicted octanol–water partition coefficient (Wildman–Crippen LogP) is 3.18. The van der Waals surface area contributed by atoms with E-state index in [1.807, 2.05) is 12.1 Å². The number of thiophene rings is 1. The number of H-pyrrole nitrogens is 1. The van der Waals surface area contributed by atoms with Gasteiger partial charge in [0.05, 0.1) is 43.3 Å². The van der Waals surface area contributed by atoms with Crippen LogP contribution < -0.4 is 4.31 Å². The van der Waals surface area contributed by atoms with E-state index in [4.69, 9.17) is 14.5 Å². The molecule has 5 rings (SSSR count). The van der Waals surface area contributed by atoms with E-state index < -0.39 is 22.5 Å². The maximum atomic E-state index is 13.5. The first-order chi connectivity index (χ1) is 17.5. The number of sulfonamides is 1. The molecule has 192 valence electrons. The summed E-state index contributed by atoms with van der Waals surface area (Å²) >= 11 is 2.85.